The van der Waals surface area contributed by atoms with E-state index in [0.717, 1.165) is 30.7 Å². The van der Waals surface area contributed by atoms with E-state index in [9.17, 15) is 9.59 Å². The minimum atomic E-state index is -0.620. The molecule has 1 aliphatic rings. The van der Waals surface area contributed by atoms with Crippen molar-refractivity contribution in [1.82, 2.24) is 20.3 Å². The van der Waals surface area contributed by atoms with Gasteiger partial charge >= 0.3 is 0 Å². The van der Waals surface area contributed by atoms with Gasteiger partial charge in [-0.3, -0.25) is 9.59 Å². The number of nitrogens with zero attached hydrogens (tertiary/aromatic N) is 3. The Labute approximate surface area is 145 Å². The van der Waals surface area contributed by atoms with Crippen molar-refractivity contribution in [2.45, 2.75) is 38.3 Å². The third-order valence-electron chi connectivity index (χ3n) is 4.22. The van der Waals surface area contributed by atoms with Crippen molar-refractivity contribution in [3.63, 3.8) is 0 Å². The maximum Gasteiger partial charge on any atom is 0.270 e. The smallest absolute Gasteiger partial charge is 0.270 e. The van der Waals surface area contributed by atoms with Crippen molar-refractivity contribution in [1.29, 1.82) is 0 Å². The zero-order valence-electron chi connectivity index (χ0n) is 14.0. The molecule has 1 aliphatic heterocycles. The summed E-state index contributed by atoms with van der Waals surface area (Å²) in [5.74, 6) is -0.628. The normalized spacial score (nSPS) is 18.0. The Morgan fingerprint density at radius 2 is 2.16 bits per heavy atom. The van der Waals surface area contributed by atoms with Crippen molar-refractivity contribution >= 4 is 11.8 Å². The monoisotopic (exact) mass is 343 g/mol. The number of nitrogens with one attached hydrogen (secondary N) is 1. The Kier molecular flexibility index (Phi) is 5.08. The first-order chi connectivity index (χ1) is 12.0. The predicted octanol–water partition coefficient (Wildman–Crippen LogP) is 1.11. The second-order valence-corrected chi connectivity index (χ2v) is 6.13. The molecule has 132 valence electrons. The number of carbonyl (C=O) groups excluding carboxylic acids is 2. The number of hydrogen-bond acceptors (Lipinski definition) is 5. The quantitative estimate of drug-likeness (QED) is 0.816. The third kappa shape index (κ3) is 4.21. The van der Waals surface area contributed by atoms with E-state index in [1.54, 1.807) is 0 Å². The average molecular weight is 343 g/mol. The number of amides is 2. The Morgan fingerprint density at radius 3 is 2.76 bits per heavy atom. The fourth-order valence-electron chi connectivity index (χ4n) is 2.81. The van der Waals surface area contributed by atoms with Gasteiger partial charge in [0.2, 0.25) is 5.91 Å². The van der Waals surface area contributed by atoms with Crippen LogP contribution in [0.3, 0.4) is 0 Å². The van der Waals surface area contributed by atoms with Crippen molar-refractivity contribution in [3.8, 4) is 5.69 Å². The molecule has 1 saturated heterocycles. The number of primary amides is 1. The fourth-order valence-corrected chi connectivity index (χ4v) is 2.81. The summed E-state index contributed by atoms with van der Waals surface area (Å²) in [4.78, 5) is 23.2. The van der Waals surface area contributed by atoms with Gasteiger partial charge in [0.25, 0.3) is 5.91 Å². The summed E-state index contributed by atoms with van der Waals surface area (Å²) in [6.45, 7) is 2.68. The van der Waals surface area contributed by atoms with E-state index in [-0.39, 0.29) is 23.7 Å². The summed E-state index contributed by atoms with van der Waals surface area (Å²) in [5, 5.41) is 10.6. The predicted molar refractivity (Wildman–Crippen MR) is 90.0 cm³/mol. The molecule has 0 radical (unpaired) electrons. The van der Waals surface area contributed by atoms with Crippen LogP contribution < -0.4 is 11.1 Å². The van der Waals surface area contributed by atoms with Crippen LogP contribution in [-0.4, -0.2) is 39.5 Å². The summed E-state index contributed by atoms with van der Waals surface area (Å²) < 4.78 is 6.96. The van der Waals surface area contributed by atoms with Crippen LogP contribution in [0, 0.1) is 0 Å². The van der Waals surface area contributed by atoms with Gasteiger partial charge in [0.05, 0.1) is 30.5 Å². The van der Waals surface area contributed by atoms with Gasteiger partial charge in [-0.15, -0.1) is 5.10 Å². The van der Waals surface area contributed by atoms with Gasteiger partial charge in [0, 0.05) is 6.61 Å². The van der Waals surface area contributed by atoms with Crippen LogP contribution in [0.4, 0.5) is 0 Å². The van der Waals surface area contributed by atoms with Crippen LogP contribution in [0.25, 0.3) is 5.69 Å². The summed E-state index contributed by atoms with van der Waals surface area (Å²) in [5.41, 5.74) is 7.00. The lowest BCUT2D eigenvalue weighted by atomic mass is 10.1. The first-order valence-corrected chi connectivity index (χ1v) is 8.26. The molecule has 1 aromatic heterocycles. The van der Waals surface area contributed by atoms with E-state index < -0.39 is 5.91 Å². The van der Waals surface area contributed by atoms with Crippen molar-refractivity contribution in [2.75, 3.05) is 6.61 Å². The minimum Gasteiger partial charge on any atom is -0.378 e. The molecule has 2 atom stereocenters. The summed E-state index contributed by atoms with van der Waals surface area (Å²) in [7, 11) is 0. The van der Waals surface area contributed by atoms with Crippen molar-refractivity contribution in [2.24, 2.45) is 5.73 Å². The fraction of sp³-hybridized carbons (Fsp3) is 0.412. The highest BCUT2D eigenvalue weighted by Crippen LogP contribution is 2.18. The number of ether oxygens (including phenoxy) is 1. The molecule has 3 N–H and O–H groups in total. The second kappa shape index (κ2) is 7.43. The van der Waals surface area contributed by atoms with Gasteiger partial charge in [-0.05, 0) is 37.5 Å². The lowest BCUT2D eigenvalue weighted by Gasteiger charge is -2.16. The van der Waals surface area contributed by atoms with Crippen LogP contribution in [0.15, 0.2) is 30.5 Å². The molecule has 0 spiro atoms. The Hall–Kier alpha value is -2.74. The first kappa shape index (κ1) is 17.1. The van der Waals surface area contributed by atoms with E-state index in [2.05, 4.69) is 15.6 Å². The third-order valence-corrected chi connectivity index (χ3v) is 4.22. The van der Waals surface area contributed by atoms with Crippen LogP contribution in [0.2, 0.25) is 0 Å². The molecule has 0 saturated carbocycles. The van der Waals surface area contributed by atoms with E-state index in [1.807, 2.05) is 31.2 Å². The Balaban J connectivity index is 1.60. The number of carbonyl (C=O) groups is 2. The molecular weight excluding hydrogens is 322 g/mol. The van der Waals surface area contributed by atoms with Gasteiger partial charge in [-0.1, -0.05) is 17.3 Å². The number of nitrogens with two attached hydrogens (primary N) is 1. The highest BCUT2D eigenvalue weighted by atomic mass is 16.5. The van der Waals surface area contributed by atoms with Gasteiger partial charge in [-0.2, -0.15) is 0 Å². The topological polar surface area (TPSA) is 112 Å². The number of hydrogen-bond donors (Lipinski definition) is 2. The number of rotatable bonds is 6. The molecule has 1 aromatic carbocycles. The lowest BCUT2D eigenvalue weighted by molar-refractivity contribution is -0.123. The van der Waals surface area contributed by atoms with E-state index in [4.69, 9.17) is 10.5 Å². The molecule has 2 amide bonds. The zero-order valence-corrected chi connectivity index (χ0v) is 14.0. The summed E-state index contributed by atoms with van der Waals surface area (Å²) in [6.07, 6.45) is 3.89. The van der Waals surface area contributed by atoms with Crippen LogP contribution in [0.1, 0.15) is 48.3 Å². The molecule has 3 rings (SSSR count). The largest absolute Gasteiger partial charge is 0.378 e. The zero-order chi connectivity index (χ0) is 17.8. The van der Waals surface area contributed by atoms with E-state index >= 15 is 0 Å². The molecule has 2 aromatic rings. The standard InChI is InChI=1S/C17H21N5O3/c1-11(19-16(23)9-14-3-2-8-25-14)12-4-6-13(7-5-12)22-10-15(17(18)24)20-21-22/h4-7,10-11,14H,2-3,8-9H2,1H3,(H2,18,24)(H,19,23). The number of benzene rings is 1. The molecule has 25 heavy (non-hydrogen) atoms. The SMILES string of the molecule is CC(NC(=O)CC1CCCO1)c1ccc(-n2cc(C(N)=O)nn2)cc1. The van der Waals surface area contributed by atoms with Gasteiger partial charge in [0.1, 0.15) is 0 Å². The number of aromatic nitrogens is 3. The van der Waals surface area contributed by atoms with Gasteiger partial charge < -0.3 is 15.8 Å². The van der Waals surface area contributed by atoms with E-state index in [1.165, 1.54) is 10.9 Å². The molecule has 2 heterocycles. The maximum atomic E-state index is 12.1. The summed E-state index contributed by atoms with van der Waals surface area (Å²) >= 11 is 0. The highest BCUT2D eigenvalue weighted by molar-refractivity contribution is 5.90. The van der Waals surface area contributed by atoms with E-state index in [0.29, 0.717) is 6.42 Å². The Bertz CT molecular complexity index is 750. The van der Waals surface area contributed by atoms with Gasteiger partial charge in [-0.25, -0.2) is 4.68 Å². The molecule has 8 heteroatoms. The molecule has 1 fully saturated rings. The minimum absolute atomic E-state index is 0.00847. The van der Waals surface area contributed by atoms with Crippen molar-refractivity contribution in [3.05, 3.63) is 41.7 Å². The Morgan fingerprint density at radius 1 is 1.40 bits per heavy atom. The molecule has 0 aliphatic carbocycles. The molecule has 8 nitrogen and oxygen atoms in total. The van der Waals surface area contributed by atoms with Gasteiger partial charge in [0.15, 0.2) is 5.69 Å². The molecule has 0 bridgehead atoms. The van der Waals surface area contributed by atoms with Crippen LogP contribution in [-0.2, 0) is 9.53 Å². The maximum absolute atomic E-state index is 12.1. The first-order valence-electron chi connectivity index (χ1n) is 8.26. The lowest BCUT2D eigenvalue weighted by Crippen LogP contribution is -2.29. The molecule has 2 unspecified atom stereocenters. The average Bonchev–Trinajstić information content (AvgIpc) is 3.26. The van der Waals surface area contributed by atoms with Crippen LogP contribution >= 0.6 is 0 Å². The van der Waals surface area contributed by atoms with Crippen LogP contribution in [0.5, 0.6) is 0 Å². The highest BCUT2D eigenvalue weighted by Gasteiger charge is 2.20. The molecular formula is C17H21N5O3. The second-order valence-electron chi connectivity index (χ2n) is 6.13. The summed E-state index contributed by atoms with van der Waals surface area (Å²) in [6, 6.07) is 7.38. The van der Waals surface area contributed by atoms with Crippen molar-refractivity contribution < 1.29 is 14.3 Å².